The predicted octanol–water partition coefficient (Wildman–Crippen LogP) is 1.98. The molecule has 0 aliphatic heterocycles. The van der Waals surface area contributed by atoms with Crippen LogP contribution in [0.2, 0.25) is 0 Å². The van der Waals surface area contributed by atoms with E-state index in [4.69, 9.17) is 5.73 Å². The summed E-state index contributed by atoms with van der Waals surface area (Å²) >= 11 is 1.61. The van der Waals surface area contributed by atoms with Crippen LogP contribution < -0.4 is 11.1 Å². The quantitative estimate of drug-likeness (QED) is 0.588. The van der Waals surface area contributed by atoms with E-state index in [1.54, 1.807) is 18.1 Å². The minimum atomic E-state index is 0.282. The summed E-state index contributed by atoms with van der Waals surface area (Å²) < 4.78 is 0. The van der Waals surface area contributed by atoms with Crippen molar-refractivity contribution in [1.82, 2.24) is 9.97 Å². The second-order valence-electron chi connectivity index (χ2n) is 4.15. The maximum absolute atomic E-state index is 5.73. The Hall–Kier alpha value is -0.810. The molecule has 5 heteroatoms. The molecule has 1 atom stereocenters. The molecule has 1 aromatic rings. The summed E-state index contributed by atoms with van der Waals surface area (Å²) in [6.07, 6.45) is 4.63. The van der Waals surface area contributed by atoms with Crippen LogP contribution in [0.3, 0.4) is 0 Å². The normalized spacial score (nSPS) is 12.8. The Bertz CT molecular complexity index is 317. The minimum absolute atomic E-state index is 0.282. The lowest BCUT2D eigenvalue weighted by molar-refractivity contribution is 0.520. The van der Waals surface area contributed by atoms with Crippen molar-refractivity contribution < 1.29 is 0 Å². The third-order valence-electron chi connectivity index (χ3n) is 2.24. The zero-order valence-electron chi connectivity index (χ0n) is 10.1. The zero-order valence-corrected chi connectivity index (χ0v) is 10.9. The lowest BCUT2D eigenvalue weighted by Gasteiger charge is -2.19. The first kappa shape index (κ1) is 13.3. The molecule has 0 aliphatic rings. The van der Waals surface area contributed by atoms with E-state index in [0.29, 0.717) is 12.5 Å². The molecule has 0 spiro atoms. The maximum atomic E-state index is 5.73. The average Bonchev–Trinajstić information content (AvgIpc) is 2.28. The standard InChI is InChI=1S/C11H20N4S/c1-8(2)4-9(6-12)15-10-5-11(16-3)14-7-13-10/h5,7-9H,4,6,12H2,1-3H3,(H,13,14,15). The molecule has 0 saturated heterocycles. The van der Waals surface area contributed by atoms with E-state index in [-0.39, 0.29) is 6.04 Å². The number of thioether (sulfide) groups is 1. The van der Waals surface area contributed by atoms with Gasteiger partial charge in [-0.1, -0.05) is 13.8 Å². The molecule has 1 rings (SSSR count). The molecule has 3 N–H and O–H groups in total. The van der Waals surface area contributed by atoms with Gasteiger partial charge in [-0.3, -0.25) is 0 Å². The van der Waals surface area contributed by atoms with E-state index in [1.165, 1.54) is 0 Å². The number of anilines is 1. The molecule has 1 heterocycles. The number of aromatic nitrogens is 2. The van der Waals surface area contributed by atoms with Gasteiger partial charge in [0, 0.05) is 18.7 Å². The Labute approximate surface area is 101 Å². The molecule has 16 heavy (non-hydrogen) atoms. The fraction of sp³-hybridized carbons (Fsp3) is 0.636. The highest BCUT2D eigenvalue weighted by atomic mass is 32.2. The highest BCUT2D eigenvalue weighted by Gasteiger charge is 2.09. The Morgan fingerprint density at radius 1 is 1.44 bits per heavy atom. The number of nitrogens with one attached hydrogen (secondary N) is 1. The molecule has 0 bridgehead atoms. The van der Waals surface area contributed by atoms with Crippen LogP contribution in [0.5, 0.6) is 0 Å². The fourth-order valence-corrected chi connectivity index (χ4v) is 1.90. The summed E-state index contributed by atoms with van der Waals surface area (Å²) in [6, 6.07) is 2.23. The highest BCUT2D eigenvalue weighted by Crippen LogP contribution is 2.15. The van der Waals surface area contributed by atoms with Crippen molar-refractivity contribution in [1.29, 1.82) is 0 Å². The van der Waals surface area contributed by atoms with Crippen LogP contribution in [0.4, 0.5) is 5.82 Å². The van der Waals surface area contributed by atoms with E-state index < -0.39 is 0 Å². The van der Waals surface area contributed by atoms with Crippen molar-refractivity contribution >= 4 is 17.6 Å². The third kappa shape index (κ3) is 4.37. The van der Waals surface area contributed by atoms with Crippen molar-refractivity contribution in [2.24, 2.45) is 11.7 Å². The highest BCUT2D eigenvalue weighted by molar-refractivity contribution is 7.98. The summed E-state index contributed by atoms with van der Waals surface area (Å²) in [6.45, 7) is 5.01. The molecule has 90 valence electrons. The van der Waals surface area contributed by atoms with Crippen molar-refractivity contribution in [2.75, 3.05) is 18.1 Å². The van der Waals surface area contributed by atoms with Gasteiger partial charge < -0.3 is 11.1 Å². The lowest BCUT2D eigenvalue weighted by Crippen LogP contribution is -2.30. The second-order valence-corrected chi connectivity index (χ2v) is 4.98. The van der Waals surface area contributed by atoms with Crippen molar-refractivity contribution in [3.05, 3.63) is 12.4 Å². The molecule has 0 amide bonds. The van der Waals surface area contributed by atoms with Gasteiger partial charge in [-0.2, -0.15) is 0 Å². The average molecular weight is 240 g/mol. The molecule has 0 saturated carbocycles. The summed E-state index contributed by atoms with van der Waals surface area (Å²) in [7, 11) is 0. The molecule has 4 nitrogen and oxygen atoms in total. The van der Waals surface area contributed by atoms with Gasteiger partial charge in [0.1, 0.15) is 17.2 Å². The van der Waals surface area contributed by atoms with Crippen LogP contribution in [0, 0.1) is 5.92 Å². The molecule has 0 aromatic carbocycles. The zero-order chi connectivity index (χ0) is 12.0. The van der Waals surface area contributed by atoms with E-state index in [1.807, 2.05) is 12.3 Å². The Morgan fingerprint density at radius 2 is 2.19 bits per heavy atom. The van der Waals surface area contributed by atoms with Crippen LogP contribution in [-0.2, 0) is 0 Å². The number of hydrogen-bond acceptors (Lipinski definition) is 5. The maximum Gasteiger partial charge on any atom is 0.130 e. The molecule has 1 aromatic heterocycles. The smallest absolute Gasteiger partial charge is 0.130 e. The molecule has 0 radical (unpaired) electrons. The second kappa shape index (κ2) is 6.70. The molecule has 1 unspecified atom stereocenters. The lowest BCUT2D eigenvalue weighted by atomic mass is 10.0. The van der Waals surface area contributed by atoms with Crippen molar-refractivity contribution in [3.63, 3.8) is 0 Å². The van der Waals surface area contributed by atoms with Gasteiger partial charge in [0.05, 0.1) is 0 Å². The van der Waals surface area contributed by atoms with E-state index in [0.717, 1.165) is 17.3 Å². The first-order valence-corrected chi connectivity index (χ1v) is 6.70. The summed E-state index contributed by atoms with van der Waals surface area (Å²) in [5.74, 6) is 1.48. The SMILES string of the molecule is CSc1cc(NC(CN)CC(C)C)ncn1. The van der Waals surface area contributed by atoms with Gasteiger partial charge >= 0.3 is 0 Å². The Balaban J connectivity index is 2.62. The summed E-state index contributed by atoms with van der Waals surface area (Å²) in [5.41, 5.74) is 5.73. The molecular formula is C11H20N4S. The fourth-order valence-electron chi connectivity index (χ4n) is 1.52. The van der Waals surface area contributed by atoms with Crippen LogP contribution >= 0.6 is 11.8 Å². The topological polar surface area (TPSA) is 63.8 Å². The van der Waals surface area contributed by atoms with Gasteiger partial charge in [0.25, 0.3) is 0 Å². The largest absolute Gasteiger partial charge is 0.366 e. The van der Waals surface area contributed by atoms with Gasteiger partial charge in [0.15, 0.2) is 0 Å². The predicted molar refractivity (Wildman–Crippen MR) is 69.7 cm³/mol. The number of rotatable bonds is 6. The Kier molecular flexibility index (Phi) is 5.55. The van der Waals surface area contributed by atoms with E-state index in [2.05, 4.69) is 29.1 Å². The molecular weight excluding hydrogens is 220 g/mol. The first-order chi connectivity index (χ1) is 7.65. The first-order valence-electron chi connectivity index (χ1n) is 5.48. The molecule has 0 aliphatic carbocycles. The van der Waals surface area contributed by atoms with Gasteiger partial charge in [-0.15, -0.1) is 11.8 Å². The molecule has 0 fully saturated rings. The monoisotopic (exact) mass is 240 g/mol. The number of nitrogens with zero attached hydrogens (tertiary/aromatic N) is 2. The van der Waals surface area contributed by atoms with Crippen LogP contribution in [0.25, 0.3) is 0 Å². The van der Waals surface area contributed by atoms with E-state index >= 15 is 0 Å². The third-order valence-corrected chi connectivity index (χ3v) is 2.89. The van der Waals surface area contributed by atoms with Gasteiger partial charge in [-0.25, -0.2) is 9.97 Å². The van der Waals surface area contributed by atoms with E-state index in [9.17, 15) is 0 Å². The summed E-state index contributed by atoms with van der Waals surface area (Å²) in [5, 5.41) is 4.32. The minimum Gasteiger partial charge on any atom is -0.366 e. The summed E-state index contributed by atoms with van der Waals surface area (Å²) in [4.78, 5) is 8.32. The number of hydrogen-bond donors (Lipinski definition) is 2. The van der Waals surface area contributed by atoms with Gasteiger partial charge in [-0.05, 0) is 18.6 Å². The van der Waals surface area contributed by atoms with Crippen molar-refractivity contribution in [3.8, 4) is 0 Å². The van der Waals surface area contributed by atoms with Crippen LogP contribution in [0.1, 0.15) is 20.3 Å². The Morgan fingerprint density at radius 3 is 2.75 bits per heavy atom. The van der Waals surface area contributed by atoms with Crippen LogP contribution in [-0.4, -0.2) is 28.8 Å². The van der Waals surface area contributed by atoms with Crippen molar-refractivity contribution in [2.45, 2.75) is 31.3 Å². The number of nitrogens with two attached hydrogens (primary N) is 1. The van der Waals surface area contributed by atoms with Gasteiger partial charge in [0.2, 0.25) is 0 Å². The van der Waals surface area contributed by atoms with Crippen LogP contribution in [0.15, 0.2) is 17.4 Å².